The minimum atomic E-state index is -0.816. The summed E-state index contributed by atoms with van der Waals surface area (Å²) in [6.07, 6.45) is 0. The van der Waals surface area contributed by atoms with Gasteiger partial charge in [-0.3, -0.25) is 4.79 Å². The maximum Gasteiger partial charge on any atom is 0.323 e. The van der Waals surface area contributed by atoms with Gasteiger partial charge in [-0.2, -0.15) is 0 Å². The Labute approximate surface area is 111 Å². The highest BCUT2D eigenvalue weighted by molar-refractivity contribution is 6.11. The number of aryl methyl sites for hydroxylation is 2. The molecule has 0 unspecified atom stereocenters. The fourth-order valence-electron chi connectivity index (χ4n) is 2.82. The molecule has 0 aliphatic heterocycles. The van der Waals surface area contributed by atoms with Crippen LogP contribution in [-0.2, 0) is 11.3 Å². The zero-order valence-corrected chi connectivity index (χ0v) is 11.0. The van der Waals surface area contributed by atoms with Crippen molar-refractivity contribution in [1.29, 1.82) is 0 Å². The summed E-state index contributed by atoms with van der Waals surface area (Å²) in [6.45, 7) is 4.09. The highest BCUT2D eigenvalue weighted by Gasteiger charge is 2.15. The summed E-state index contributed by atoms with van der Waals surface area (Å²) in [5, 5.41) is 11.4. The zero-order chi connectivity index (χ0) is 13.6. The number of para-hydroxylation sites is 1. The summed E-state index contributed by atoms with van der Waals surface area (Å²) in [5.74, 6) is -0.816. The summed E-state index contributed by atoms with van der Waals surface area (Å²) in [4.78, 5) is 11.1. The number of fused-ring (bicyclic) bond motifs is 3. The van der Waals surface area contributed by atoms with Crippen LogP contribution in [0.15, 0.2) is 36.4 Å². The Morgan fingerprint density at radius 1 is 1.11 bits per heavy atom. The van der Waals surface area contributed by atoms with Crippen LogP contribution in [0.25, 0.3) is 21.8 Å². The van der Waals surface area contributed by atoms with E-state index in [1.165, 1.54) is 5.56 Å². The zero-order valence-electron chi connectivity index (χ0n) is 11.0. The topological polar surface area (TPSA) is 42.2 Å². The van der Waals surface area contributed by atoms with E-state index in [0.29, 0.717) is 0 Å². The number of aromatic nitrogens is 1. The quantitative estimate of drug-likeness (QED) is 0.759. The van der Waals surface area contributed by atoms with Crippen LogP contribution >= 0.6 is 0 Å². The number of carboxylic acids is 1. The molecular formula is C16H15NO2. The van der Waals surface area contributed by atoms with Gasteiger partial charge in [-0.15, -0.1) is 0 Å². The predicted octanol–water partition coefficient (Wildman–Crippen LogP) is 3.50. The van der Waals surface area contributed by atoms with Crippen molar-refractivity contribution in [2.24, 2.45) is 0 Å². The first-order chi connectivity index (χ1) is 9.09. The van der Waals surface area contributed by atoms with Gasteiger partial charge in [0.25, 0.3) is 0 Å². The monoisotopic (exact) mass is 253 g/mol. The number of hydrogen-bond donors (Lipinski definition) is 1. The van der Waals surface area contributed by atoms with Crippen LogP contribution in [0, 0.1) is 13.8 Å². The summed E-state index contributed by atoms with van der Waals surface area (Å²) in [5.41, 5.74) is 4.31. The van der Waals surface area contributed by atoms with E-state index in [2.05, 4.69) is 25.1 Å². The molecule has 19 heavy (non-hydrogen) atoms. The van der Waals surface area contributed by atoms with E-state index in [1.807, 2.05) is 29.7 Å². The fraction of sp³-hybridized carbons (Fsp3) is 0.188. The fourth-order valence-corrected chi connectivity index (χ4v) is 2.82. The molecule has 0 saturated carbocycles. The van der Waals surface area contributed by atoms with Gasteiger partial charge in [0.1, 0.15) is 6.54 Å². The van der Waals surface area contributed by atoms with E-state index in [1.54, 1.807) is 0 Å². The van der Waals surface area contributed by atoms with Gasteiger partial charge < -0.3 is 9.67 Å². The molecule has 3 rings (SSSR count). The normalized spacial score (nSPS) is 11.3. The van der Waals surface area contributed by atoms with E-state index >= 15 is 0 Å². The number of carbonyl (C=O) groups is 1. The van der Waals surface area contributed by atoms with Crippen LogP contribution in [0.2, 0.25) is 0 Å². The Morgan fingerprint density at radius 3 is 2.53 bits per heavy atom. The van der Waals surface area contributed by atoms with E-state index in [0.717, 1.165) is 27.4 Å². The van der Waals surface area contributed by atoms with E-state index in [9.17, 15) is 4.79 Å². The molecule has 0 bridgehead atoms. The second-order valence-electron chi connectivity index (χ2n) is 4.92. The Balaban J connectivity index is 2.55. The maximum atomic E-state index is 11.1. The highest BCUT2D eigenvalue weighted by Crippen LogP contribution is 2.33. The second-order valence-corrected chi connectivity index (χ2v) is 4.92. The second kappa shape index (κ2) is 4.12. The van der Waals surface area contributed by atoms with Crippen LogP contribution in [0.1, 0.15) is 11.1 Å². The molecule has 1 heterocycles. The lowest BCUT2D eigenvalue weighted by Crippen LogP contribution is -2.08. The van der Waals surface area contributed by atoms with Gasteiger partial charge in [0.05, 0.1) is 5.52 Å². The SMILES string of the molecule is Cc1ccc(C)c2c1c1ccccc1n2CC(=O)O. The molecule has 0 fully saturated rings. The van der Waals surface area contributed by atoms with Gasteiger partial charge >= 0.3 is 5.97 Å². The molecule has 1 aromatic heterocycles. The smallest absolute Gasteiger partial charge is 0.323 e. The lowest BCUT2D eigenvalue weighted by molar-refractivity contribution is -0.137. The summed E-state index contributed by atoms with van der Waals surface area (Å²) in [6, 6.07) is 12.1. The third-order valence-electron chi connectivity index (χ3n) is 3.62. The van der Waals surface area contributed by atoms with Gasteiger partial charge in [-0.25, -0.2) is 0 Å². The molecule has 0 saturated heterocycles. The van der Waals surface area contributed by atoms with Crippen LogP contribution in [0.5, 0.6) is 0 Å². The Bertz CT molecular complexity index is 799. The molecule has 0 amide bonds. The molecule has 96 valence electrons. The van der Waals surface area contributed by atoms with E-state index < -0.39 is 5.97 Å². The first-order valence-electron chi connectivity index (χ1n) is 6.28. The molecule has 3 heteroatoms. The molecule has 0 aliphatic carbocycles. The number of benzene rings is 2. The molecule has 0 radical (unpaired) electrons. The van der Waals surface area contributed by atoms with Gasteiger partial charge in [0, 0.05) is 16.3 Å². The Morgan fingerprint density at radius 2 is 1.79 bits per heavy atom. The predicted molar refractivity (Wildman–Crippen MR) is 76.6 cm³/mol. The highest BCUT2D eigenvalue weighted by atomic mass is 16.4. The Kier molecular flexibility index (Phi) is 2.56. The average molecular weight is 253 g/mol. The largest absolute Gasteiger partial charge is 0.480 e. The van der Waals surface area contributed by atoms with Crippen LogP contribution < -0.4 is 0 Å². The lowest BCUT2D eigenvalue weighted by Gasteiger charge is -2.06. The van der Waals surface area contributed by atoms with Crippen LogP contribution in [0.4, 0.5) is 0 Å². The number of hydrogen-bond acceptors (Lipinski definition) is 1. The molecular weight excluding hydrogens is 238 g/mol. The van der Waals surface area contributed by atoms with Crippen molar-refractivity contribution in [2.75, 3.05) is 0 Å². The van der Waals surface area contributed by atoms with Gasteiger partial charge in [0.15, 0.2) is 0 Å². The van der Waals surface area contributed by atoms with E-state index in [4.69, 9.17) is 5.11 Å². The Hall–Kier alpha value is -2.29. The third kappa shape index (κ3) is 1.70. The summed E-state index contributed by atoms with van der Waals surface area (Å²) < 4.78 is 1.90. The minimum absolute atomic E-state index is 0.00565. The van der Waals surface area contributed by atoms with Crippen molar-refractivity contribution in [3.63, 3.8) is 0 Å². The molecule has 3 aromatic rings. The van der Waals surface area contributed by atoms with E-state index in [-0.39, 0.29) is 6.54 Å². The van der Waals surface area contributed by atoms with Crippen molar-refractivity contribution in [3.8, 4) is 0 Å². The van der Waals surface area contributed by atoms with Crippen molar-refractivity contribution in [1.82, 2.24) is 4.57 Å². The first kappa shape index (κ1) is 11.8. The van der Waals surface area contributed by atoms with Crippen molar-refractivity contribution < 1.29 is 9.90 Å². The van der Waals surface area contributed by atoms with Crippen LogP contribution in [-0.4, -0.2) is 15.6 Å². The molecule has 0 atom stereocenters. The van der Waals surface area contributed by atoms with Crippen LogP contribution in [0.3, 0.4) is 0 Å². The van der Waals surface area contributed by atoms with Crippen molar-refractivity contribution in [3.05, 3.63) is 47.5 Å². The molecule has 2 aromatic carbocycles. The number of aliphatic carboxylic acids is 1. The van der Waals surface area contributed by atoms with Crippen molar-refractivity contribution >= 4 is 27.8 Å². The number of rotatable bonds is 2. The summed E-state index contributed by atoms with van der Waals surface area (Å²) >= 11 is 0. The summed E-state index contributed by atoms with van der Waals surface area (Å²) in [7, 11) is 0. The average Bonchev–Trinajstić information content (AvgIpc) is 2.70. The lowest BCUT2D eigenvalue weighted by atomic mass is 10.0. The van der Waals surface area contributed by atoms with Gasteiger partial charge in [-0.05, 0) is 31.0 Å². The molecule has 0 aliphatic rings. The number of carboxylic acid groups (broad SMARTS) is 1. The standard InChI is InChI=1S/C16H15NO2/c1-10-7-8-11(2)16-15(10)12-5-3-4-6-13(12)17(16)9-14(18)19/h3-8H,9H2,1-2H3,(H,18,19). The molecule has 0 spiro atoms. The van der Waals surface area contributed by atoms with Gasteiger partial charge in [-0.1, -0.05) is 30.3 Å². The minimum Gasteiger partial charge on any atom is -0.480 e. The maximum absolute atomic E-state index is 11.1. The van der Waals surface area contributed by atoms with Crippen molar-refractivity contribution in [2.45, 2.75) is 20.4 Å². The molecule has 1 N–H and O–H groups in total. The third-order valence-corrected chi connectivity index (χ3v) is 3.62. The number of nitrogens with zero attached hydrogens (tertiary/aromatic N) is 1. The molecule has 3 nitrogen and oxygen atoms in total. The van der Waals surface area contributed by atoms with Gasteiger partial charge in [0.2, 0.25) is 0 Å². The first-order valence-corrected chi connectivity index (χ1v) is 6.28.